The van der Waals surface area contributed by atoms with E-state index in [1.54, 1.807) is 0 Å². The fourth-order valence-electron chi connectivity index (χ4n) is 1.40. The smallest absolute Gasteiger partial charge is 0.119 e. The molecule has 0 atom stereocenters. The van der Waals surface area contributed by atoms with Crippen LogP contribution in [0.4, 0.5) is 0 Å². The molecule has 3 nitrogen and oxygen atoms in total. The lowest BCUT2D eigenvalue weighted by molar-refractivity contribution is 0.0405. The molecule has 0 radical (unpaired) electrons. The lowest BCUT2D eigenvalue weighted by Gasteiger charge is -2.07. The zero-order chi connectivity index (χ0) is 12.3. The highest BCUT2D eigenvalue weighted by Crippen LogP contribution is 2.12. The van der Waals surface area contributed by atoms with Gasteiger partial charge in [0, 0.05) is 6.61 Å². The van der Waals surface area contributed by atoms with Crippen LogP contribution in [-0.4, -0.2) is 33.0 Å². The lowest BCUT2D eigenvalue weighted by Crippen LogP contribution is -2.10. The molecule has 0 aliphatic carbocycles. The molecule has 0 saturated heterocycles. The molecule has 0 spiro atoms. The van der Waals surface area contributed by atoms with Crippen LogP contribution in [0.3, 0.4) is 0 Å². The maximum absolute atomic E-state index is 5.55. The Morgan fingerprint density at radius 1 is 0.824 bits per heavy atom. The summed E-state index contributed by atoms with van der Waals surface area (Å²) < 4.78 is 16.1. The predicted octanol–water partition coefficient (Wildman–Crippen LogP) is 2.68. The molecule has 0 heterocycles. The molecule has 1 aromatic rings. The van der Waals surface area contributed by atoms with Gasteiger partial charge in [-0.2, -0.15) is 0 Å². The van der Waals surface area contributed by atoms with Gasteiger partial charge in [-0.05, 0) is 31.0 Å². The summed E-state index contributed by atoms with van der Waals surface area (Å²) in [5.74, 6) is 0.899. The Morgan fingerprint density at radius 2 is 1.47 bits per heavy atom. The molecule has 1 aromatic carbocycles. The first-order valence-corrected chi connectivity index (χ1v) is 6.24. The average Bonchev–Trinajstić information content (AvgIpc) is 2.38. The zero-order valence-corrected chi connectivity index (χ0v) is 10.8. The standard InChI is InChI=1S/C14H22O3/c1-3-13-5-7-14(8-6-13)17-12-11-16-10-9-15-4-2/h5-8H,3-4,9-12H2,1-2H3. The van der Waals surface area contributed by atoms with E-state index in [0.717, 1.165) is 18.8 Å². The van der Waals surface area contributed by atoms with E-state index in [4.69, 9.17) is 14.2 Å². The molecule has 3 heteroatoms. The van der Waals surface area contributed by atoms with Crippen LogP contribution in [0.1, 0.15) is 19.4 Å². The maximum atomic E-state index is 5.55. The molecule has 0 unspecified atom stereocenters. The summed E-state index contributed by atoms with van der Waals surface area (Å²) in [6.07, 6.45) is 1.06. The van der Waals surface area contributed by atoms with E-state index in [1.165, 1.54) is 5.56 Å². The number of rotatable bonds is 9. The van der Waals surface area contributed by atoms with Crippen LogP contribution in [0.15, 0.2) is 24.3 Å². The largest absolute Gasteiger partial charge is 0.491 e. The molecular weight excluding hydrogens is 216 g/mol. The Kier molecular flexibility index (Phi) is 7.43. The highest BCUT2D eigenvalue weighted by Gasteiger charge is 1.94. The third kappa shape index (κ3) is 6.29. The van der Waals surface area contributed by atoms with Gasteiger partial charge in [0.2, 0.25) is 0 Å². The molecular formula is C14H22O3. The van der Waals surface area contributed by atoms with E-state index < -0.39 is 0 Å². The SMILES string of the molecule is CCOCCOCCOc1ccc(CC)cc1. The van der Waals surface area contributed by atoms with Gasteiger partial charge >= 0.3 is 0 Å². The van der Waals surface area contributed by atoms with Crippen LogP contribution in [-0.2, 0) is 15.9 Å². The summed E-state index contributed by atoms with van der Waals surface area (Å²) in [5, 5.41) is 0. The highest BCUT2D eigenvalue weighted by molar-refractivity contribution is 5.27. The predicted molar refractivity (Wildman–Crippen MR) is 68.6 cm³/mol. The van der Waals surface area contributed by atoms with Gasteiger partial charge in [-0.25, -0.2) is 0 Å². The molecule has 0 amide bonds. The molecule has 0 N–H and O–H groups in total. The maximum Gasteiger partial charge on any atom is 0.119 e. The Hall–Kier alpha value is -1.06. The molecule has 17 heavy (non-hydrogen) atoms. The fraction of sp³-hybridized carbons (Fsp3) is 0.571. The summed E-state index contributed by atoms with van der Waals surface area (Å²) >= 11 is 0. The Balaban J connectivity index is 2.05. The van der Waals surface area contributed by atoms with E-state index >= 15 is 0 Å². The topological polar surface area (TPSA) is 27.7 Å². The minimum absolute atomic E-state index is 0.581. The first kappa shape index (κ1) is 14.0. The molecule has 1 rings (SSSR count). The van der Waals surface area contributed by atoms with E-state index in [-0.39, 0.29) is 0 Å². The van der Waals surface area contributed by atoms with Gasteiger partial charge in [0.25, 0.3) is 0 Å². The Bertz CT molecular complexity index is 282. The molecule has 0 saturated carbocycles. The van der Waals surface area contributed by atoms with Crippen molar-refractivity contribution in [3.63, 3.8) is 0 Å². The number of hydrogen-bond acceptors (Lipinski definition) is 3. The zero-order valence-electron chi connectivity index (χ0n) is 10.8. The van der Waals surface area contributed by atoms with Crippen LogP contribution in [0.25, 0.3) is 0 Å². The number of hydrogen-bond donors (Lipinski definition) is 0. The van der Waals surface area contributed by atoms with Crippen LogP contribution >= 0.6 is 0 Å². The van der Waals surface area contributed by atoms with E-state index in [9.17, 15) is 0 Å². The van der Waals surface area contributed by atoms with Gasteiger partial charge in [0.15, 0.2) is 0 Å². The molecule has 96 valence electrons. The molecule has 0 aliphatic rings. The Morgan fingerprint density at radius 3 is 2.12 bits per heavy atom. The summed E-state index contributed by atoms with van der Waals surface area (Å²) in [6, 6.07) is 8.18. The summed E-state index contributed by atoms with van der Waals surface area (Å²) in [5.41, 5.74) is 1.32. The van der Waals surface area contributed by atoms with Crippen molar-refractivity contribution in [1.82, 2.24) is 0 Å². The van der Waals surface area contributed by atoms with Crippen molar-refractivity contribution in [1.29, 1.82) is 0 Å². The third-order valence-corrected chi connectivity index (χ3v) is 2.40. The van der Waals surface area contributed by atoms with Gasteiger partial charge in [-0.1, -0.05) is 19.1 Å². The van der Waals surface area contributed by atoms with Crippen LogP contribution < -0.4 is 4.74 Å². The van der Waals surface area contributed by atoms with Crippen molar-refractivity contribution in [2.45, 2.75) is 20.3 Å². The van der Waals surface area contributed by atoms with Crippen LogP contribution in [0.2, 0.25) is 0 Å². The average molecular weight is 238 g/mol. The number of benzene rings is 1. The van der Waals surface area contributed by atoms with Crippen molar-refractivity contribution in [3.05, 3.63) is 29.8 Å². The van der Waals surface area contributed by atoms with Crippen molar-refractivity contribution in [2.24, 2.45) is 0 Å². The van der Waals surface area contributed by atoms with Crippen LogP contribution in [0.5, 0.6) is 5.75 Å². The van der Waals surface area contributed by atoms with E-state index in [1.807, 2.05) is 19.1 Å². The summed E-state index contributed by atoms with van der Waals surface area (Å²) in [7, 11) is 0. The summed E-state index contributed by atoms with van der Waals surface area (Å²) in [4.78, 5) is 0. The first-order chi connectivity index (χ1) is 8.36. The number of ether oxygens (including phenoxy) is 3. The van der Waals surface area contributed by atoms with Crippen molar-refractivity contribution in [3.8, 4) is 5.75 Å². The quantitative estimate of drug-likeness (QED) is 0.619. The first-order valence-electron chi connectivity index (χ1n) is 6.24. The second-order valence-corrected chi connectivity index (χ2v) is 3.66. The lowest BCUT2D eigenvalue weighted by atomic mass is 10.2. The molecule has 0 aromatic heterocycles. The number of aryl methyl sites for hydroxylation is 1. The third-order valence-electron chi connectivity index (χ3n) is 2.40. The Labute approximate surface area is 104 Å². The van der Waals surface area contributed by atoms with Gasteiger partial charge in [0.05, 0.1) is 19.8 Å². The molecule has 0 fully saturated rings. The van der Waals surface area contributed by atoms with E-state index in [0.29, 0.717) is 26.4 Å². The second kappa shape index (κ2) is 9.02. The second-order valence-electron chi connectivity index (χ2n) is 3.66. The highest BCUT2D eigenvalue weighted by atomic mass is 16.5. The van der Waals surface area contributed by atoms with Gasteiger partial charge < -0.3 is 14.2 Å². The van der Waals surface area contributed by atoms with E-state index in [2.05, 4.69) is 19.1 Å². The van der Waals surface area contributed by atoms with Gasteiger partial charge in [-0.15, -0.1) is 0 Å². The van der Waals surface area contributed by atoms with Crippen molar-refractivity contribution >= 4 is 0 Å². The monoisotopic (exact) mass is 238 g/mol. The van der Waals surface area contributed by atoms with Gasteiger partial charge in [-0.3, -0.25) is 0 Å². The molecule has 0 bridgehead atoms. The minimum Gasteiger partial charge on any atom is -0.491 e. The van der Waals surface area contributed by atoms with Crippen molar-refractivity contribution in [2.75, 3.05) is 33.0 Å². The fourth-order valence-corrected chi connectivity index (χ4v) is 1.40. The molecule has 0 aliphatic heterocycles. The van der Waals surface area contributed by atoms with Crippen molar-refractivity contribution < 1.29 is 14.2 Å². The van der Waals surface area contributed by atoms with Crippen LogP contribution in [0, 0.1) is 0 Å². The van der Waals surface area contributed by atoms with Gasteiger partial charge in [0.1, 0.15) is 12.4 Å². The normalized spacial score (nSPS) is 10.5. The summed E-state index contributed by atoms with van der Waals surface area (Å²) in [6.45, 7) is 7.32. The minimum atomic E-state index is 0.581.